The molecular formula is C18H24N2O3. The number of aliphatic hydroxyl groups is 1. The standard InChI is InChI=1S/C18H24N2O3/c21-11-15-9-20(10-16(15)19-18(22)13-2-3-13)8-12-1-4-17-14(7-12)5-6-23-17/h1,4,7,13,15-16,21H,2-3,5-6,8-11H2,(H,19,22)/t15-,16+/m0/s1. The molecule has 2 atom stereocenters. The zero-order valence-electron chi connectivity index (χ0n) is 13.3. The predicted molar refractivity (Wildman–Crippen MR) is 86.1 cm³/mol. The predicted octanol–water partition coefficient (Wildman–Crippen LogP) is 0.940. The lowest BCUT2D eigenvalue weighted by Gasteiger charge is -2.18. The highest BCUT2D eigenvalue weighted by molar-refractivity contribution is 5.81. The average Bonchev–Trinajstić information content (AvgIpc) is 3.19. The van der Waals surface area contributed by atoms with Crippen LogP contribution in [0.3, 0.4) is 0 Å². The molecule has 1 aliphatic carbocycles. The van der Waals surface area contributed by atoms with E-state index in [0.717, 1.165) is 51.3 Å². The number of hydrogen-bond donors (Lipinski definition) is 2. The Bertz CT molecular complexity index is 600. The van der Waals surface area contributed by atoms with E-state index in [2.05, 4.69) is 28.4 Å². The van der Waals surface area contributed by atoms with Gasteiger partial charge in [-0.15, -0.1) is 0 Å². The molecule has 0 bridgehead atoms. The highest BCUT2D eigenvalue weighted by Crippen LogP contribution is 2.30. The van der Waals surface area contributed by atoms with E-state index in [0.29, 0.717) is 0 Å². The van der Waals surface area contributed by atoms with Crippen molar-refractivity contribution in [1.82, 2.24) is 10.2 Å². The molecular weight excluding hydrogens is 292 g/mol. The smallest absolute Gasteiger partial charge is 0.223 e. The van der Waals surface area contributed by atoms with Crippen LogP contribution in [0.15, 0.2) is 18.2 Å². The zero-order valence-corrected chi connectivity index (χ0v) is 13.3. The first-order chi connectivity index (χ1) is 11.2. The van der Waals surface area contributed by atoms with Crippen LogP contribution in [0.1, 0.15) is 24.0 Å². The van der Waals surface area contributed by atoms with Crippen LogP contribution in [-0.4, -0.2) is 48.3 Å². The van der Waals surface area contributed by atoms with Gasteiger partial charge in [-0.2, -0.15) is 0 Å². The second kappa shape index (κ2) is 6.13. The van der Waals surface area contributed by atoms with Gasteiger partial charge in [-0.1, -0.05) is 12.1 Å². The van der Waals surface area contributed by atoms with E-state index >= 15 is 0 Å². The molecule has 1 aromatic rings. The maximum absolute atomic E-state index is 12.0. The summed E-state index contributed by atoms with van der Waals surface area (Å²) in [5.74, 6) is 1.54. The van der Waals surface area contributed by atoms with Crippen LogP contribution in [0.25, 0.3) is 0 Å². The van der Waals surface area contributed by atoms with E-state index < -0.39 is 0 Å². The van der Waals surface area contributed by atoms with E-state index in [1.165, 1.54) is 11.1 Å². The molecule has 2 aliphatic heterocycles. The summed E-state index contributed by atoms with van der Waals surface area (Å²) in [6.07, 6.45) is 3.02. The summed E-state index contributed by atoms with van der Waals surface area (Å²) in [6.45, 7) is 3.42. The van der Waals surface area contributed by atoms with Crippen molar-refractivity contribution in [1.29, 1.82) is 0 Å². The molecule has 2 N–H and O–H groups in total. The fraction of sp³-hybridized carbons (Fsp3) is 0.611. The first kappa shape index (κ1) is 15.0. The number of fused-ring (bicyclic) bond motifs is 1. The molecule has 1 amide bonds. The number of aliphatic hydroxyl groups excluding tert-OH is 1. The van der Waals surface area contributed by atoms with Crippen LogP contribution in [0.5, 0.6) is 5.75 Å². The SMILES string of the molecule is O=C(N[C@@H]1CN(Cc2ccc3c(c2)CCO3)C[C@H]1CO)C1CC1. The van der Waals surface area contributed by atoms with E-state index in [1.807, 2.05) is 0 Å². The highest BCUT2D eigenvalue weighted by atomic mass is 16.5. The number of amides is 1. The minimum absolute atomic E-state index is 0.0749. The molecule has 5 nitrogen and oxygen atoms in total. The summed E-state index contributed by atoms with van der Waals surface area (Å²) in [6, 6.07) is 6.48. The molecule has 4 rings (SSSR count). The number of nitrogens with one attached hydrogen (secondary N) is 1. The Labute approximate surface area is 136 Å². The van der Waals surface area contributed by atoms with Crippen molar-refractivity contribution in [3.63, 3.8) is 0 Å². The molecule has 23 heavy (non-hydrogen) atoms. The Kier molecular flexibility index (Phi) is 3.99. The molecule has 0 unspecified atom stereocenters. The average molecular weight is 316 g/mol. The Hall–Kier alpha value is -1.59. The van der Waals surface area contributed by atoms with Gasteiger partial charge < -0.3 is 15.2 Å². The summed E-state index contributed by atoms with van der Waals surface area (Å²) in [5.41, 5.74) is 2.57. The van der Waals surface area contributed by atoms with Crippen LogP contribution >= 0.6 is 0 Å². The lowest BCUT2D eigenvalue weighted by Crippen LogP contribution is -2.42. The minimum atomic E-state index is 0.0749. The summed E-state index contributed by atoms with van der Waals surface area (Å²) < 4.78 is 5.55. The first-order valence-corrected chi connectivity index (χ1v) is 8.61. The van der Waals surface area contributed by atoms with Gasteiger partial charge in [0.05, 0.1) is 6.61 Å². The van der Waals surface area contributed by atoms with E-state index in [9.17, 15) is 9.90 Å². The maximum Gasteiger partial charge on any atom is 0.223 e. The van der Waals surface area contributed by atoms with Gasteiger partial charge in [-0.3, -0.25) is 9.69 Å². The van der Waals surface area contributed by atoms with E-state index in [4.69, 9.17) is 4.74 Å². The molecule has 2 heterocycles. The number of carbonyl (C=O) groups is 1. The van der Waals surface area contributed by atoms with E-state index in [1.54, 1.807) is 0 Å². The summed E-state index contributed by atoms with van der Waals surface area (Å²) in [7, 11) is 0. The molecule has 1 saturated carbocycles. The van der Waals surface area contributed by atoms with Crippen LogP contribution in [0.4, 0.5) is 0 Å². The third kappa shape index (κ3) is 3.21. The van der Waals surface area contributed by atoms with Crippen molar-refractivity contribution in [3.05, 3.63) is 29.3 Å². The first-order valence-electron chi connectivity index (χ1n) is 8.61. The number of benzene rings is 1. The largest absolute Gasteiger partial charge is 0.493 e. The van der Waals surface area contributed by atoms with Crippen LogP contribution in [-0.2, 0) is 17.8 Å². The van der Waals surface area contributed by atoms with Crippen LogP contribution in [0.2, 0.25) is 0 Å². The molecule has 1 aromatic carbocycles. The number of rotatable bonds is 5. The second-order valence-electron chi connectivity index (χ2n) is 7.07. The van der Waals surface area contributed by atoms with Gasteiger partial charge in [-0.05, 0) is 30.0 Å². The lowest BCUT2D eigenvalue weighted by atomic mass is 10.1. The van der Waals surface area contributed by atoms with Crippen molar-refractivity contribution in [3.8, 4) is 5.75 Å². The van der Waals surface area contributed by atoms with Gasteiger partial charge in [0.25, 0.3) is 0 Å². The van der Waals surface area contributed by atoms with E-state index in [-0.39, 0.29) is 30.4 Å². The lowest BCUT2D eigenvalue weighted by molar-refractivity contribution is -0.123. The van der Waals surface area contributed by atoms with Crippen molar-refractivity contribution in [2.75, 3.05) is 26.3 Å². The molecule has 124 valence electrons. The quantitative estimate of drug-likeness (QED) is 0.849. The second-order valence-corrected chi connectivity index (χ2v) is 7.07. The Morgan fingerprint density at radius 1 is 1.35 bits per heavy atom. The monoisotopic (exact) mass is 316 g/mol. The minimum Gasteiger partial charge on any atom is -0.493 e. The summed E-state index contributed by atoms with van der Waals surface area (Å²) in [4.78, 5) is 14.3. The fourth-order valence-electron chi connectivity index (χ4n) is 3.68. The molecule has 3 aliphatic rings. The number of likely N-dealkylation sites (tertiary alicyclic amines) is 1. The number of hydrogen-bond acceptors (Lipinski definition) is 4. The number of ether oxygens (including phenoxy) is 1. The van der Waals surface area contributed by atoms with Gasteiger partial charge in [0, 0.05) is 50.5 Å². The Balaban J connectivity index is 1.38. The van der Waals surface area contributed by atoms with Gasteiger partial charge >= 0.3 is 0 Å². The van der Waals surface area contributed by atoms with Gasteiger partial charge in [-0.25, -0.2) is 0 Å². The fourth-order valence-corrected chi connectivity index (χ4v) is 3.68. The normalized spacial score (nSPS) is 26.8. The van der Waals surface area contributed by atoms with Crippen molar-refractivity contribution < 1.29 is 14.6 Å². The third-order valence-electron chi connectivity index (χ3n) is 5.19. The summed E-state index contributed by atoms with van der Waals surface area (Å²) >= 11 is 0. The van der Waals surface area contributed by atoms with Gasteiger partial charge in [0.2, 0.25) is 5.91 Å². The van der Waals surface area contributed by atoms with Crippen molar-refractivity contribution >= 4 is 5.91 Å². The van der Waals surface area contributed by atoms with Crippen LogP contribution < -0.4 is 10.1 Å². The third-order valence-corrected chi connectivity index (χ3v) is 5.19. The summed E-state index contributed by atoms with van der Waals surface area (Å²) in [5, 5.41) is 12.8. The topological polar surface area (TPSA) is 61.8 Å². The molecule has 5 heteroatoms. The zero-order chi connectivity index (χ0) is 15.8. The van der Waals surface area contributed by atoms with Crippen LogP contribution in [0, 0.1) is 11.8 Å². The highest BCUT2D eigenvalue weighted by Gasteiger charge is 2.37. The van der Waals surface area contributed by atoms with Crippen molar-refractivity contribution in [2.45, 2.75) is 31.8 Å². The molecule has 1 saturated heterocycles. The molecule has 0 radical (unpaired) electrons. The van der Waals surface area contributed by atoms with Crippen molar-refractivity contribution in [2.24, 2.45) is 11.8 Å². The Morgan fingerprint density at radius 3 is 3.00 bits per heavy atom. The molecule has 2 fully saturated rings. The number of carbonyl (C=O) groups excluding carboxylic acids is 1. The molecule has 0 aromatic heterocycles. The number of nitrogens with zero attached hydrogens (tertiary/aromatic N) is 1. The Morgan fingerprint density at radius 2 is 2.22 bits per heavy atom. The van der Waals surface area contributed by atoms with Gasteiger partial charge in [0.1, 0.15) is 5.75 Å². The maximum atomic E-state index is 12.0. The molecule has 0 spiro atoms. The van der Waals surface area contributed by atoms with Gasteiger partial charge in [0.15, 0.2) is 0 Å².